The Balaban J connectivity index is 2.58. The molecule has 5 nitrogen and oxygen atoms in total. The molecule has 1 aromatic heterocycles. The second kappa shape index (κ2) is 3.31. The van der Waals surface area contributed by atoms with E-state index in [1.807, 2.05) is 0 Å². The monoisotopic (exact) mass is 173 g/mol. The summed E-state index contributed by atoms with van der Waals surface area (Å²) in [6, 6.07) is -1.02. The third-order valence-corrected chi connectivity index (χ3v) is 1.35. The summed E-state index contributed by atoms with van der Waals surface area (Å²) in [6.45, 7) is 0. The number of nitrogens with one attached hydrogen (secondary N) is 1. The first-order chi connectivity index (χ1) is 5.59. The van der Waals surface area contributed by atoms with Gasteiger partial charge in [-0.25, -0.2) is 4.98 Å². The average molecular weight is 173 g/mol. The van der Waals surface area contributed by atoms with Gasteiger partial charge in [0.05, 0.1) is 6.20 Å². The van der Waals surface area contributed by atoms with Gasteiger partial charge in [-0.15, -0.1) is 0 Å². The lowest BCUT2D eigenvalue weighted by Crippen LogP contribution is -2.32. The minimum absolute atomic E-state index is 0.0479. The van der Waals surface area contributed by atoms with Crippen LogP contribution in [0.15, 0.2) is 6.20 Å². The number of carboxylic acid groups (broad SMARTS) is 1. The molecule has 0 bridgehead atoms. The van der Waals surface area contributed by atoms with Gasteiger partial charge in [-0.2, -0.15) is 4.39 Å². The molecule has 0 fully saturated rings. The molecule has 0 aromatic carbocycles. The zero-order chi connectivity index (χ0) is 9.14. The zero-order valence-corrected chi connectivity index (χ0v) is 6.12. The Labute approximate surface area is 67.4 Å². The molecule has 0 aliphatic carbocycles. The van der Waals surface area contributed by atoms with Crippen LogP contribution in [0.5, 0.6) is 0 Å². The maximum absolute atomic E-state index is 12.2. The normalized spacial score (nSPS) is 12.8. The lowest BCUT2D eigenvalue weighted by molar-refractivity contribution is -0.138. The Bertz CT molecular complexity index is 286. The first-order valence-corrected chi connectivity index (χ1v) is 3.27. The van der Waals surface area contributed by atoms with Crippen molar-refractivity contribution in [3.05, 3.63) is 18.0 Å². The average Bonchev–Trinajstić information content (AvgIpc) is 2.35. The third kappa shape index (κ3) is 2.03. The van der Waals surface area contributed by atoms with Gasteiger partial charge in [-0.3, -0.25) is 4.79 Å². The Hall–Kier alpha value is -1.43. The van der Waals surface area contributed by atoms with Crippen LogP contribution in [-0.2, 0) is 11.2 Å². The molecular formula is C6H8FN3O2. The number of carboxylic acids is 1. The molecule has 0 spiro atoms. The van der Waals surface area contributed by atoms with E-state index >= 15 is 0 Å². The molecule has 0 amide bonds. The summed E-state index contributed by atoms with van der Waals surface area (Å²) in [7, 11) is 0. The molecule has 1 atom stereocenters. The number of aromatic amines is 1. The summed E-state index contributed by atoms with van der Waals surface area (Å²) in [4.78, 5) is 15.8. The number of halogens is 1. The smallest absolute Gasteiger partial charge is 0.320 e. The number of aromatic nitrogens is 2. The summed E-state index contributed by atoms with van der Waals surface area (Å²) in [5.41, 5.74) is 5.57. The molecule has 4 N–H and O–H groups in total. The van der Waals surface area contributed by atoms with Crippen molar-refractivity contribution in [3.63, 3.8) is 0 Å². The molecule has 1 aromatic rings. The van der Waals surface area contributed by atoms with Crippen LogP contribution >= 0.6 is 0 Å². The maximum atomic E-state index is 12.2. The fourth-order valence-electron chi connectivity index (χ4n) is 0.760. The van der Waals surface area contributed by atoms with E-state index in [9.17, 15) is 9.18 Å². The fourth-order valence-corrected chi connectivity index (χ4v) is 0.760. The Morgan fingerprint density at radius 2 is 2.58 bits per heavy atom. The van der Waals surface area contributed by atoms with E-state index in [1.165, 1.54) is 6.20 Å². The van der Waals surface area contributed by atoms with Crippen molar-refractivity contribution in [3.8, 4) is 0 Å². The van der Waals surface area contributed by atoms with Crippen molar-refractivity contribution in [2.24, 2.45) is 5.73 Å². The molecule has 12 heavy (non-hydrogen) atoms. The molecule has 0 saturated heterocycles. The highest BCUT2D eigenvalue weighted by Gasteiger charge is 2.13. The highest BCUT2D eigenvalue weighted by atomic mass is 19.1. The predicted octanol–water partition coefficient (Wildman–Crippen LogP) is -0.497. The van der Waals surface area contributed by atoms with E-state index in [2.05, 4.69) is 9.97 Å². The number of hydrogen-bond donors (Lipinski definition) is 3. The van der Waals surface area contributed by atoms with Gasteiger partial charge in [0.1, 0.15) is 6.04 Å². The second-order valence-corrected chi connectivity index (χ2v) is 2.35. The van der Waals surface area contributed by atoms with Crippen molar-refractivity contribution in [2.45, 2.75) is 12.5 Å². The van der Waals surface area contributed by atoms with Gasteiger partial charge in [0.2, 0.25) is 0 Å². The van der Waals surface area contributed by atoms with Crippen molar-refractivity contribution < 1.29 is 14.3 Å². The molecule has 0 saturated carbocycles. The number of H-pyrrole nitrogens is 1. The number of nitrogens with two attached hydrogens (primary N) is 1. The molecule has 6 heteroatoms. The van der Waals surface area contributed by atoms with Gasteiger partial charge in [0.25, 0.3) is 6.08 Å². The number of nitrogens with zero attached hydrogens (tertiary/aromatic N) is 1. The highest BCUT2D eigenvalue weighted by Crippen LogP contribution is 1.98. The quantitative estimate of drug-likeness (QED) is 0.574. The minimum Gasteiger partial charge on any atom is -0.480 e. The lowest BCUT2D eigenvalue weighted by Gasteiger charge is -2.02. The maximum Gasteiger partial charge on any atom is 0.320 e. The highest BCUT2D eigenvalue weighted by molar-refractivity contribution is 5.73. The molecule has 0 aliphatic heterocycles. The molecule has 1 rings (SSSR count). The summed E-state index contributed by atoms with van der Waals surface area (Å²) >= 11 is 0. The van der Waals surface area contributed by atoms with Gasteiger partial charge in [0, 0.05) is 12.1 Å². The summed E-state index contributed by atoms with van der Waals surface area (Å²) < 4.78 is 12.2. The minimum atomic E-state index is -1.12. The molecule has 1 heterocycles. The molecule has 66 valence electrons. The van der Waals surface area contributed by atoms with Gasteiger partial charge in [-0.1, -0.05) is 0 Å². The Kier molecular flexibility index (Phi) is 2.39. The van der Waals surface area contributed by atoms with E-state index in [1.54, 1.807) is 0 Å². The molecular weight excluding hydrogens is 165 g/mol. The van der Waals surface area contributed by atoms with Crippen molar-refractivity contribution in [1.29, 1.82) is 0 Å². The predicted molar refractivity (Wildman–Crippen MR) is 37.9 cm³/mol. The summed E-state index contributed by atoms with van der Waals surface area (Å²) in [5, 5.41) is 8.40. The first-order valence-electron chi connectivity index (χ1n) is 3.27. The first kappa shape index (κ1) is 8.66. The van der Waals surface area contributed by atoms with E-state index in [4.69, 9.17) is 10.8 Å². The Morgan fingerprint density at radius 1 is 1.92 bits per heavy atom. The van der Waals surface area contributed by atoms with E-state index < -0.39 is 18.1 Å². The topological polar surface area (TPSA) is 92.0 Å². The van der Waals surface area contributed by atoms with Crippen LogP contribution in [0.25, 0.3) is 0 Å². The third-order valence-electron chi connectivity index (χ3n) is 1.35. The van der Waals surface area contributed by atoms with Crippen molar-refractivity contribution >= 4 is 5.97 Å². The van der Waals surface area contributed by atoms with Gasteiger partial charge in [0.15, 0.2) is 0 Å². The lowest BCUT2D eigenvalue weighted by atomic mass is 10.2. The summed E-state index contributed by atoms with van der Waals surface area (Å²) in [6.07, 6.45) is 0.535. The van der Waals surface area contributed by atoms with Crippen LogP contribution in [0.4, 0.5) is 4.39 Å². The van der Waals surface area contributed by atoms with Crippen molar-refractivity contribution in [2.75, 3.05) is 0 Å². The van der Waals surface area contributed by atoms with Gasteiger partial charge >= 0.3 is 5.97 Å². The van der Waals surface area contributed by atoms with E-state index in [0.717, 1.165) is 0 Å². The number of aliphatic carboxylic acids is 1. The number of rotatable bonds is 3. The Morgan fingerprint density at radius 3 is 3.00 bits per heavy atom. The largest absolute Gasteiger partial charge is 0.480 e. The van der Waals surface area contributed by atoms with Crippen LogP contribution in [0.1, 0.15) is 5.69 Å². The van der Waals surface area contributed by atoms with Crippen LogP contribution in [0.3, 0.4) is 0 Å². The number of carbonyl (C=O) groups is 1. The molecule has 0 unspecified atom stereocenters. The number of imidazole rings is 1. The number of hydrogen-bond acceptors (Lipinski definition) is 3. The van der Waals surface area contributed by atoms with Crippen LogP contribution in [0, 0.1) is 6.08 Å². The standard InChI is InChI=1S/C6H8FN3O2/c7-6-9-2-3(10-6)1-4(8)5(11)12/h2,4H,1,8H2,(H,9,10)(H,11,12)/t4-/m1/s1. The zero-order valence-electron chi connectivity index (χ0n) is 6.12. The fraction of sp³-hybridized carbons (Fsp3) is 0.333. The SMILES string of the molecule is N[C@H](Cc1cnc(F)[nH]1)C(=O)O. The van der Waals surface area contributed by atoms with Crippen LogP contribution in [0.2, 0.25) is 0 Å². The molecule has 0 radical (unpaired) electrons. The van der Waals surface area contributed by atoms with Gasteiger partial charge in [-0.05, 0) is 0 Å². The second-order valence-electron chi connectivity index (χ2n) is 2.35. The van der Waals surface area contributed by atoms with Crippen LogP contribution < -0.4 is 5.73 Å². The van der Waals surface area contributed by atoms with Crippen molar-refractivity contribution in [1.82, 2.24) is 9.97 Å². The summed E-state index contributed by atoms with van der Waals surface area (Å²) in [5.74, 6) is -1.12. The van der Waals surface area contributed by atoms with E-state index in [0.29, 0.717) is 5.69 Å². The van der Waals surface area contributed by atoms with E-state index in [-0.39, 0.29) is 6.42 Å². The molecule has 0 aliphatic rings. The van der Waals surface area contributed by atoms with Gasteiger partial charge < -0.3 is 15.8 Å². The van der Waals surface area contributed by atoms with Crippen LogP contribution in [-0.4, -0.2) is 27.1 Å².